The monoisotopic (exact) mass is 806 g/mol. The molecule has 3 N–H and O–H groups in total. The molecule has 2 unspecified atom stereocenters. The van der Waals surface area contributed by atoms with Crippen LogP contribution in [0.3, 0.4) is 0 Å². The molecule has 0 heterocycles. The van der Waals surface area contributed by atoms with Gasteiger partial charge in [0.2, 0.25) is 5.91 Å². The zero-order chi connectivity index (χ0) is 41.5. The Morgan fingerprint density at radius 3 is 1.19 bits per heavy atom. The lowest BCUT2D eigenvalue weighted by Gasteiger charge is -2.20. The van der Waals surface area contributed by atoms with Gasteiger partial charge in [0.05, 0.1) is 25.4 Å². The second-order valence-corrected chi connectivity index (χ2v) is 17.5. The topological polar surface area (TPSA) is 95.9 Å². The second kappa shape index (κ2) is 47.3. The van der Waals surface area contributed by atoms with E-state index in [1.165, 1.54) is 205 Å². The number of amides is 1. The average Bonchev–Trinajstić information content (AvgIpc) is 3.21. The molecule has 6 heteroatoms. The molecule has 0 saturated carbocycles. The van der Waals surface area contributed by atoms with Crippen LogP contribution in [0.1, 0.15) is 277 Å². The number of aliphatic hydroxyl groups excluding tert-OH is 2. The standard InChI is InChI=1S/C51H99NO5/c1-3-5-7-9-11-13-15-16-21-25-29-33-37-41-45-51(56)57-46-42-38-34-30-26-22-19-17-18-20-24-28-32-36-40-44-50(55)52-48(47-53)49(54)43-39-35-31-27-23-14-12-10-8-6-4-2/h39,43,48-49,53-54H,3-38,40-42,44-47H2,1-2H3,(H,52,55)/b43-39+. The Labute approximate surface area is 355 Å². The Hall–Kier alpha value is -1.40. The first kappa shape index (κ1) is 55.6. The SMILES string of the molecule is CCCCCCCCCCC/C=C/C(O)C(CO)NC(=O)CCCCCCCCCCCCCCCCCOC(=O)CCCCCCCCCCCCCCCC. The third kappa shape index (κ3) is 44.0. The van der Waals surface area contributed by atoms with Crippen LogP contribution in [0.5, 0.6) is 0 Å². The van der Waals surface area contributed by atoms with Crippen LogP contribution >= 0.6 is 0 Å². The van der Waals surface area contributed by atoms with Crippen LogP contribution in [0, 0.1) is 0 Å². The van der Waals surface area contributed by atoms with Crippen LogP contribution in [0.2, 0.25) is 0 Å². The van der Waals surface area contributed by atoms with E-state index in [-0.39, 0.29) is 18.5 Å². The van der Waals surface area contributed by atoms with Gasteiger partial charge >= 0.3 is 5.97 Å². The molecule has 0 rings (SSSR count). The quantitative estimate of drug-likeness (QED) is 0.0323. The maximum Gasteiger partial charge on any atom is 0.305 e. The van der Waals surface area contributed by atoms with Crippen molar-refractivity contribution in [3.63, 3.8) is 0 Å². The highest BCUT2D eigenvalue weighted by Gasteiger charge is 2.18. The molecule has 338 valence electrons. The number of aliphatic hydroxyl groups is 2. The van der Waals surface area contributed by atoms with Gasteiger partial charge in [-0.15, -0.1) is 0 Å². The molecule has 1 amide bonds. The summed E-state index contributed by atoms with van der Waals surface area (Å²) in [5.41, 5.74) is 0. The van der Waals surface area contributed by atoms with Crippen molar-refractivity contribution in [1.82, 2.24) is 5.32 Å². The van der Waals surface area contributed by atoms with Gasteiger partial charge in [-0.3, -0.25) is 9.59 Å². The Balaban J connectivity index is 3.43. The summed E-state index contributed by atoms with van der Waals surface area (Å²) in [6.07, 6.45) is 53.5. The Kier molecular flexibility index (Phi) is 46.1. The minimum atomic E-state index is -0.847. The molecular weight excluding hydrogens is 707 g/mol. The Morgan fingerprint density at radius 1 is 0.474 bits per heavy atom. The molecular formula is C51H99NO5. The summed E-state index contributed by atoms with van der Waals surface area (Å²) in [5, 5.41) is 23.0. The van der Waals surface area contributed by atoms with Gasteiger partial charge in [-0.25, -0.2) is 0 Å². The van der Waals surface area contributed by atoms with Crippen LogP contribution in [0.4, 0.5) is 0 Å². The molecule has 0 aromatic carbocycles. The van der Waals surface area contributed by atoms with Crippen molar-refractivity contribution < 1.29 is 24.5 Å². The fraction of sp³-hybridized carbons (Fsp3) is 0.922. The molecule has 0 bridgehead atoms. The largest absolute Gasteiger partial charge is 0.466 e. The molecule has 0 aromatic heterocycles. The summed E-state index contributed by atoms with van der Waals surface area (Å²) in [7, 11) is 0. The van der Waals surface area contributed by atoms with Crippen LogP contribution < -0.4 is 5.32 Å². The predicted molar refractivity (Wildman–Crippen MR) is 246 cm³/mol. The van der Waals surface area contributed by atoms with E-state index in [1.54, 1.807) is 6.08 Å². The zero-order valence-corrected chi connectivity index (χ0v) is 38.3. The van der Waals surface area contributed by atoms with Gasteiger partial charge in [0.15, 0.2) is 0 Å². The fourth-order valence-electron chi connectivity index (χ4n) is 7.87. The van der Waals surface area contributed by atoms with Gasteiger partial charge in [0.25, 0.3) is 0 Å². The van der Waals surface area contributed by atoms with Crippen LogP contribution in [0.15, 0.2) is 12.2 Å². The van der Waals surface area contributed by atoms with E-state index in [9.17, 15) is 19.8 Å². The number of rotatable bonds is 47. The maximum atomic E-state index is 12.4. The highest BCUT2D eigenvalue weighted by molar-refractivity contribution is 5.76. The van der Waals surface area contributed by atoms with E-state index in [4.69, 9.17) is 4.74 Å². The van der Waals surface area contributed by atoms with Crippen molar-refractivity contribution in [3.05, 3.63) is 12.2 Å². The summed E-state index contributed by atoms with van der Waals surface area (Å²) in [4.78, 5) is 24.4. The number of hydrogen-bond donors (Lipinski definition) is 3. The molecule has 0 saturated heterocycles. The fourth-order valence-corrected chi connectivity index (χ4v) is 7.87. The van der Waals surface area contributed by atoms with E-state index < -0.39 is 12.1 Å². The summed E-state index contributed by atoms with van der Waals surface area (Å²) >= 11 is 0. The number of carbonyl (C=O) groups excluding carboxylic acids is 2. The first-order valence-electron chi connectivity index (χ1n) is 25.5. The van der Waals surface area contributed by atoms with Gasteiger partial charge in [0, 0.05) is 12.8 Å². The lowest BCUT2D eigenvalue weighted by molar-refractivity contribution is -0.143. The van der Waals surface area contributed by atoms with Gasteiger partial charge in [-0.1, -0.05) is 244 Å². The molecule has 0 fully saturated rings. The summed E-state index contributed by atoms with van der Waals surface area (Å²) in [6, 6.07) is -0.631. The maximum absolute atomic E-state index is 12.4. The molecule has 0 spiro atoms. The predicted octanol–water partition coefficient (Wildman–Crippen LogP) is 15.0. The highest BCUT2D eigenvalue weighted by Crippen LogP contribution is 2.16. The molecule has 0 aliphatic carbocycles. The molecule has 6 nitrogen and oxygen atoms in total. The van der Waals surface area contributed by atoms with Crippen LogP contribution in [-0.2, 0) is 14.3 Å². The molecule has 0 aliphatic rings. The number of ether oxygens (including phenoxy) is 1. The normalized spacial score (nSPS) is 12.7. The minimum absolute atomic E-state index is 0.00159. The van der Waals surface area contributed by atoms with Crippen molar-refractivity contribution in [2.45, 2.75) is 289 Å². The van der Waals surface area contributed by atoms with E-state index in [1.807, 2.05) is 6.08 Å². The zero-order valence-electron chi connectivity index (χ0n) is 38.3. The second-order valence-electron chi connectivity index (χ2n) is 17.5. The number of nitrogens with one attached hydrogen (secondary N) is 1. The van der Waals surface area contributed by atoms with Gasteiger partial charge in [0.1, 0.15) is 0 Å². The first-order chi connectivity index (χ1) is 28.0. The Morgan fingerprint density at radius 2 is 0.807 bits per heavy atom. The molecule has 0 aromatic rings. The van der Waals surface area contributed by atoms with E-state index in [0.29, 0.717) is 19.4 Å². The van der Waals surface area contributed by atoms with E-state index in [0.717, 1.165) is 44.9 Å². The summed E-state index contributed by atoms with van der Waals surface area (Å²) < 4.78 is 5.46. The minimum Gasteiger partial charge on any atom is -0.466 e. The summed E-state index contributed by atoms with van der Waals surface area (Å²) in [5.74, 6) is -0.0756. The number of unbranched alkanes of at least 4 members (excludes halogenated alkanes) is 36. The molecule has 2 atom stereocenters. The lowest BCUT2D eigenvalue weighted by atomic mass is 10.0. The first-order valence-corrected chi connectivity index (χ1v) is 25.5. The van der Waals surface area contributed by atoms with E-state index >= 15 is 0 Å². The van der Waals surface area contributed by atoms with Gasteiger partial charge in [-0.05, 0) is 32.1 Å². The number of esters is 1. The van der Waals surface area contributed by atoms with Crippen molar-refractivity contribution in [3.8, 4) is 0 Å². The molecule has 0 aliphatic heterocycles. The smallest absolute Gasteiger partial charge is 0.305 e. The number of hydrogen-bond acceptors (Lipinski definition) is 5. The Bertz CT molecular complexity index is 847. The highest BCUT2D eigenvalue weighted by atomic mass is 16.5. The van der Waals surface area contributed by atoms with Crippen LogP contribution in [-0.4, -0.2) is 47.4 Å². The average molecular weight is 806 g/mol. The number of allylic oxidation sites excluding steroid dienone is 1. The lowest BCUT2D eigenvalue weighted by Crippen LogP contribution is -2.45. The number of carbonyl (C=O) groups is 2. The van der Waals surface area contributed by atoms with Gasteiger partial charge < -0.3 is 20.3 Å². The third-order valence-electron chi connectivity index (χ3n) is 11.8. The van der Waals surface area contributed by atoms with E-state index in [2.05, 4.69) is 19.2 Å². The molecule has 57 heavy (non-hydrogen) atoms. The van der Waals surface area contributed by atoms with Crippen molar-refractivity contribution in [2.24, 2.45) is 0 Å². The van der Waals surface area contributed by atoms with Crippen molar-refractivity contribution >= 4 is 11.9 Å². The summed E-state index contributed by atoms with van der Waals surface area (Å²) in [6.45, 7) is 4.88. The van der Waals surface area contributed by atoms with Crippen molar-refractivity contribution in [1.29, 1.82) is 0 Å². The third-order valence-corrected chi connectivity index (χ3v) is 11.8. The van der Waals surface area contributed by atoms with Crippen LogP contribution in [0.25, 0.3) is 0 Å². The van der Waals surface area contributed by atoms with Crippen molar-refractivity contribution in [2.75, 3.05) is 13.2 Å². The molecule has 0 radical (unpaired) electrons. The van der Waals surface area contributed by atoms with Gasteiger partial charge in [-0.2, -0.15) is 0 Å².